The number of carbonyl (C=O) groups excluding carboxylic acids is 4. The zero-order valence-corrected chi connectivity index (χ0v) is 23.1. The molecule has 0 radical (unpaired) electrons. The number of aliphatic imine (C=N–C) groups is 2. The summed E-state index contributed by atoms with van der Waals surface area (Å²) in [6.45, 7) is 4.00. The third-order valence-corrected chi connectivity index (χ3v) is 5.52. The molecule has 0 heterocycles. The van der Waals surface area contributed by atoms with Crippen LogP contribution in [0.2, 0.25) is 0 Å². The van der Waals surface area contributed by atoms with Gasteiger partial charge in [-0.25, -0.2) is 4.79 Å². The van der Waals surface area contributed by atoms with E-state index in [0.717, 1.165) is 0 Å². The van der Waals surface area contributed by atoms with Crippen LogP contribution in [-0.4, -0.2) is 83.9 Å². The second-order valence-electron chi connectivity index (χ2n) is 9.66. The molecule has 4 amide bonds. The maximum absolute atomic E-state index is 13.2. The topological polar surface area (TPSA) is 323 Å². The van der Waals surface area contributed by atoms with Gasteiger partial charge in [0.25, 0.3) is 0 Å². The highest BCUT2D eigenvalue weighted by Crippen LogP contribution is 2.08. The number of rotatable bonds is 20. The first-order valence-electron chi connectivity index (χ1n) is 12.9. The van der Waals surface area contributed by atoms with E-state index in [0.29, 0.717) is 6.42 Å². The molecule has 40 heavy (non-hydrogen) atoms. The molecule has 17 heteroatoms. The van der Waals surface area contributed by atoms with Gasteiger partial charge in [-0.1, -0.05) is 13.8 Å². The van der Waals surface area contributed by atoms with Crippen molar-refractivity contribution in [3.63, 3.8) is 0 Å². The van der Waals surface area contributed by atoms with Crippen LogP contribution in [0.15, 0.2) is 9.98 Å². The number of carboxylic acid groups (broad SMARTS) is 1. The Morgan fingerprint density at radius 1 is 0.700 bits per heavy atom. The van der Waals surface area contributed by atoms with E-state index >= 15 is 0 Å². The number of hydrogen-bond donors (Lipinski definition) is 10. The van der Waals surface area contributed by atoms with Gasteiger partial charge in [0.1, 0.15) is 18.1 Å². The third-order valence-electron chi connectivity index (χ3n) is 5.52. The van der Waals surface area contributed by atoms with Gasteiger partial charge >= 0.3 is 5.97 Å². The summed E-state index contributed by atoms with van der Waals surface area (Å²) in [7, 11) is 0. The number of primary amides is 1. The van der Waals surface area contributed by atoms with Gasteiger partial charge in [0.05, 0.1) is 6.04 Å². The van der Waals surface area contributed by atoms with Crippen molar-refractivity contribution in [3.8, 4) is 0 Å². The highest BCUT2D eigenvalue weighted by Gasteiger charge is 2.30. The van der Waals surface area contributed by atoms with Gasteiger partial charge in [0, 0.05) is 19.5 Å². The number of hydrogen-bond acceptors (Lipinski definition) is 8. The molecule has 0 aliphatic heterocycles. The highest BCUT2D eigenvalue weighted by molar-refractivity contribution is 5.94. The van der Waals surface area contributed by atoms with Crippen molar-refractivity contribution in [2.24, 2.45) is 50.3 Å². The molecule has 0 aromatic heterocycles. The predicted molar refractivity (Wildman–Crippen MR) is 149 cm³/mol. The van der Waals surface area contributed by atoms with Crippen molar-refractivity contribution < 1.29 is 29.1 Å². The SMILES string of the molecule is CC(C)CC(NC(=O)C(CCCN=C(N)N)NC(=O)C(CCC(N)=O)NC(=O)C(N)CCCN=C(N)N)C(=O)O. The molecule has 228 valence electrons. The number of carboxylic acids is 1. The van der Waals surface area contributed by atoms with Crippen molar-refractivity contribution in [3.05, 3.63) is 0 Å². The van der Waals surface area contributed by atoms with Crippen LogP contribution in [0, 0.1) is 5.92 Å². The van der Waals surface area contributed by atoms with E-state index in [9.17, 15) is 29.1 Å². The number of guanidine groups is 2. The zero-order chi connectivity index (χ0) is 30.8. The molecule has 0 aliphatic rings. The normalized spacial score (nSPS) is 13.7. The van der Waals surface area contributed by atoms with Crippen LogP contribution in [0.1, 0.15) is 58.8 Å². The van der Waals surface area contributed by atoms with Crippen molar-refractivity contribution >= 4 is 41.5 Å². The minimum absolute atomic E-state index is 0.0339. The van der Waals surface area contributed by atoms with Crippen LogP contribution in [0.25, 0.3) is 0 Å². The van der Waals surface area contributed by atoms with Gasteiger partial charge in [-0.2, -0.15) is 0 Å². The maximum atomic E-state index is 13.2. The lowest BCUT2D eigenvalue weighted by molar-refractivity contribution is -0.142. The van der Waals surface area contributed by atoms with Crippen LogP contribution in [-0.2, 0) is 24.0 Å². The number of amides is 4. The summed E-state index contributed by atoms with van der Waals surface area (Å²) in [5, 5.41) is 17.0. The van der Waals surface area contributed by atoms with Crippen molar-refractivity contribution in [2.45, 2.75) is 83.0 Å². The largest absolute Gasteiger partial charge is 0.480 e. The summed E-state index contributed by atoms with van der Waals surface area (Å²) in [6.07, 6.45) is 0.656. The van der Waals surface area contributed by atoms with Gasteiger partial charge < -0.3 is 55.5 Å². The third kappa shape index (κ3) is 16.6. The molecular weight excluding hydrogens is 526 g/mol. The van der Waals surface area contributed by atoms with Crippen molar-refractivity contribution in [1.82, 2.24) is 16.0 Å². The molecule has 4 unspecified atom stereocenters. The molecule has 0 bridgehead atoms. The fraction of sp³-hybridized carbons (Fsp3) is 0.696. The lowest BCUT2D eigenvalue weighted by Gasteiger charge is -2.25. The molecule has 0 fully saturated rings. The molecule has 17 nitrogen and oxygen atoms in total. The molecule has 0 rings (SSSR count). The summed E-state index contributed by atoms with van der Waals surface area (Å²) >= 11 is 0. The minimum atomic E-state index is -1.26. The molecule has 0 spiro atoms. The lowest BCUT2D eigenvalue weighted by atomic mass is 10.0. The van der Waals surface area contributed by atoms with E-state index in [-0.39, 0.29) is 69.5 Å². The molecule has 0 aliphatic carbocycles. The first-order valence-corrected chi connectivity index (χ1v) is 12.9. The Morgan fingerprint density at radius 2 is 1.15 bits per heavy atom. The molecular formula is C23H45N11O6. The zero-order valence-electron chi connectivity index (χ0n) is 23.1. The Labute approximate surface area is 233 Å². The van der Waals surface area contributed by atoms with Crippen molar-refractivity contribution in [1.29, 1.82) is 0 Å². The van der Waals surface area contributed by atoms with E-state index in [4.69, 9.17) is 34.4 Å². The van der Waals surface area contributed by atoms with Crippen molar-refractivity contribution in [2.75, 3.05) is 13.1 Å². The average Bonchev–Trinajstić information content (AvgIpc) is 2.84. The standard InChI is InChI=1S/C23H45N11O6/c1-12(2)11-16(21(39)40)34-19(37)14(6-4-10-31-23(28)29)33-20(38)15(7-8-17(25)35)32-18(36)13(24)5-3-9-30-22(26)27/h12-16H,3-11,24H2,1-2H3,(H2,25,35)(H,32,36)(H,33,38)(H,34,37)(H,39,40)(H4,26,27,30)(H4,28,29,31). The lowest BCUT2D eigenvalue weighted by Crippen LogP contribution is -2.57. The van der Waals surface area contributed by atoms with Gasteiger partial charge in [-0.05, 0) is 44.4 Å². The molecule has 0 aromatic carbocycles. The molecule has 0 saturated heterocycles. The second kappa shape index (κ2) is 19.0. The van der Waals surface area contributed by atoms with Gasteiger partial charge in [0.2, 0.25) is 23.6 Å². The van der Waals surface area contributed by atoms with E-state index in [1.54, 1.807) is 13.8 Å². The number of carbonyl (C=O) groups is 5. The Morgan fingerprint density at radius 3 is 1.60 bits per heavy atom. The monoisotopic (exact) mass is 571 g/mol. The maximum Gasteiger partial charge on any atom is 0.326 e. The van der Waals surface area contributed by atoms with E-state index in [2.05, 4.69) is 25.9 Å². The fourth-order valence-electron chi connectivity index (χ4n) is 3.49. The van der Waals surface area contributed by atoms with Crippen LogP contribution < -0.4 is 50.4 Å². The summed E-state index contributed by atoms with van der Waals surface area (Å²) in [4.78, 5) is 69.5. The highest BCUT2D eigenvalue weighted by atomic mass is 16.4. The van der Waals surface area contributed by atoms with Crippen LogP contribution >= 0.6 is 0 Å². The number of nitrogens with one attached hydrogen (secondary N) is 3. The molecule has 0 saturated carbocycles. The fourth-order valence-corrected chi connectivity index (χ4v) is 3.49. The van der Waals surface area contributed by atoms with Crippen LogP contribution in [0.3, 0.4) is 0 Å². The smallest absolute Gasteiger partial charge is 0.326 e. The number of nitrogens with two attached hydrogens (primary N) is 6. The quantitative estimate of drug-likeness (QED) is 0.0384. The summed E-state index contributed by atoms with van der Waals surface area (Å²) in [5.74, 6) is -4.44. The van der Waals surface area contributed by atoms with E-state index in [1.807, 2.05) is 0 Å². The first kappa shape index (κ1) is 35.9. The average molecular weight is 572 g/mol. The second-order valence-corrected chi connectivity index (χ2v) is 9.66. The minimum Gasteiger partial charge on any atom is -0.480 e. The predicted octanol–water partition coefficient (Wildman–Crippen LogP) is -3.73. The Kier molecular flexibility index (Phi) is 17.0. The van der Waals surface area contributed by atoms with E-state index in [1.165, 1.54) is 0 Å². The summed E-state index contributed by atoms with van der Waals surface area (Å²) in [6, 6.07) is -4.66. The Hall–Kier alpha value is -4.15. The first-order chi connectivity index (χ1) is 18.6. The summed E-state index contributed by atoms with van der Waals surface area (Å²) in [5.41, 5.74) is 32.3. The van der Waals surface area contributed by atoms with Gasteiger partial charge in [0.15, 0.2) is 11.9 Å². The van der Waals surface area contributed by atoms with Crippen LogP contribution in [0.5, 0.6) is 0 Å². The number of nitrogens with zero attached hydrogens (tertiary/aromatic N) is 2. The molecule has 0 aromatic rings. The summed E-state index contributed by atoms with van der Waals surface area (Å²) < 4.78 is 0. The van der Waals surface area contributed by atoms with Gasteiger partial charge in [-0.15, -0.1) is 0 Å². The van der Waals surface area contributed by atoms with Gasteiger partial charge in [-0.3, -0.25) is 29.2 Å². The van der Waals surface area contributed by atoms with Crippen LogP contribution in [0.4, 0.5) is 0 Å². The number of aliphatic carboxylic acids is 1. The Balaban J connectivity index is 5.65. The molecule has 16 N–H and O–H groups in total. The molecule has 4 atom stereocenters. The Bertz CT molecular complexity index is 917. The van der Waals surface area contributed by atoms with E-state index < -0.39 is 53.8 Å².